The standard InChI is InChI=1S/C21H14I2N2O/c22-15-7-1-5-13(19(15)17-9-3-11-24-17)21(26)14-6-2-8-16(23)20(14)18-10-4-12-25-18/h1-12,24-25H. The van der Waals surface area contributed by atoms with Crippen molar-refractivity contribution in [1.82, 2.24) is 9.97 Å². The molecule has 0 atom stereocenters. The summed E-state index contributed by atoms with van der Waals surface area (Å²) in [5.74, 6) is 0.0243. The minimum absolute atomic E-state index is 0.0243. The maximum Gasteiger partial charge on any atom is 0.194 e. The number of H-pyrrole nitrogens is 2. The summed E-state index contributed by atoms with van der Waals surface area (Å²) in [6, 6.07) is 19.6. The second kappa shape index (κ2) is 7.40. The van der Waals surface area contributed by atoms with Gasteiger partial charge in [0.25, 0.3) is 0 Å². The van der Waals surface area contributed by atoms with Crippen molar-refractivity contribution in [2.75, 3.05) is 0 Å². The van der Waals surface area contributed by atoms with Gasteiger partial charge in [-0.1, -0.05) is 24.3 Å². The van der Waals surface area contributed by atoms with E-state index in [9.17, 15) is 4.79 Å². The van der Waals surface area contributed by atoms with Crippen molar-refractivity contribution in [2.24, 2.45) is 0 Å². The van der Waals surface area contributed by atoms with Crippen LogP contribution < -0.4 is 0 Å². The number of hydrogen-bond acceptors (Lipinski definition) is 1. The molecule has 0 amide bonds. The highest BCUT2D eigenvalue weighted by Crippen LogP contribution is 2.33. The fourth-order valence-corrected chi connectivity index (χ4v) is 4.67. The van der Waals surface area contributed by atoms with Crippen molar-refractivity contribution in [1.29, 1.82) is 0 Å². The monoisotopic (exact) mass is 564 g/mol. The Kier molecular flexibility index (Phi) is 4.99. The molecule has 0 unspecified atom stereocenters. The van der Waals surface area contributed by atoms with Gasteiger partial charge in [-0.2, -0.15) is 0 Å². The molecule has 0 fully saturated rings. The molecule has 4 aromatic rings. The summed E-state index contributed by atoms with van der Waals surface area (Å²) in [4.78, 5) is 20.0. The van der Waals surface area contributed by atoms with Crippen molar-refractivity contribution < 1.29 is 4.79 Å². The van der Waals surface area contributed by atoms with E-state index in [0.29, 0.717) is 11.1 Å². The summed E-state index contributed by atoms with van der Waals surface area (Å²) in [6.45, 7) is 0. The Labute approximate surface area is 178 Å². The number of rotatable bonds is 4. The summed E-state index contributed by atoms with van der Waals surface area (Å²) in [5, 5.41) is 0. The van der Waals surface area contributed by atoms with Crippen LogP contribution in [0.2, 0.25) is 0 Å². The maximum absolute atomic E-state index is 13.5. The van der Waals surface area contributed by atoms with E-state index in [1.807, 2.05) is 73.1 Å². The Morgan fingerprint density at radius 1 is 0.654 bits per heavy atom. The molecule has 5 heteroatoms. The van der Waals surface area contributed by atoms with Crippen LogP contribution in [0.4, 0.5) is 0 Å². The first-order valence-electron chi connectivity index (χ1n) is 8.06. The molecule has 0 bridgehead atoms. The van der Waals surface area contributed by atoms with E-state index in [1.54, 1.807) is 0 Å². The second-order valence-electron chi connectivity index (χ2n) is 5.82. The number of aromatic amines is 2. The third-order valence-electron chi connectivity index (χ3n) is 4.25. The number of benzene rings is 2. The fourth-order valence-electron chi connectivity index (χ4n) is 3.09. The fraction of sp³-hybridized carbons (Fsp3) is 0. The van der Waals surface area contributed by atoms with Crippen molar-refractivity contribution in [3.8, 4) is 22.5 Å². The minimum atomic E-state index is 0.0243. The zero-order valence-corrected chi connectivity index (χ0v) is 17.9. The quantitative estimate of drug-likeness (QED) is 0.228. The lowest BCUT2D eigenvalue weighted by Crippen LogP contribution is -2.08. The van der Waals surface area contributed by atoms with Crippen LogP contribution in [0.25, 0.3) is 22.5 Å². The first kappa shape index (κ1) is 17.5. The highest BCUT2D eigenvalue weighted by atomic mass is 127. The average molecular weight is 564 g/mol. The highest BCUT2D eigenvalue weighted by molar-refractivity contribution is 14.1. The lowest BCUT2D eigenvalue weighted by atomic mass is 9.93. The summed E-state index contributed by atoms with van der Waals surface area (Å²) < 4.78 is 2.09. The van der Waals surface area contributed by atoms with Gasteiger partial charge in [0.05, 0.1) is 0 Å². The van der Waals surface area contributed by atoms with Crippen LogP contribution in [0, 0.1) is 7.14 Å². The van der Waals surface area contributed by atoms with Gasteiger partial charge in [0.2, 0.25) is 0 Å². The summed E-state index contributed by atoms with van der Waals surface area (Å²) >= 11 is 4.57. The average Bonchev–Trinajstić information content (AvgIpc) is 3.34. The lowest BCUT2D eigenvalue weighted by molar-refractivity contribution is 0.104. The molecular weight excluding hydrogens is 550 g/mol. The van der Waals surface area contributed by atoms with Crippen LogP contribution in [0.3, 0.4) is 0 Å². The Morgan fingerprint density at radius 3 is 1.50 bits per heavy atom. The number of hydrogen-bond donors (Lipinski definition) is 2. The largest absolute Gasteiger partial charge is 0.361 e. The van der Waals surface area contributed by atoms with Gasteiger partial charge in [-0.25, -0.2) is 0 Å². The van der Waals surface area contributed by atoms with Gasteiger partial charge in [0.1, 0.15) is 0 Å². The number of carbonyl (C=O) groups excluding carboxylic acids is 1. The van der Waals surface area contributed by atoms with Crippen LogP contribution >= 0.6 is 45.2 Å². The van der Waals surface area contributed by atoms with Crippen LogP contribution in [0.15, 0.2) is 73.1 Å². The van der Waals surface area contributed by atoms with Gasteiger partial charge in [0, 0.05) is 53.2 Å². The van der Waals surface area contributed by atoms with Gasteiger partial charge >= 0.3 is 0 Å². The SMILES string of the molecule is O=C(c1cccc(I)c1-c1ccc[nH]1)c1cccc(I)c1-c1ccc[nH]1. The summed E-state index contributed by atoms with van der Waals surface area (Å²) in [6.07, 6.45) is 3.75. The smallest absolute Gasteiger partial charge is 0.194 e. The van der Waals surface area contributed by atoms with Crippen LogP contribution in [0.1, 0.15) is 15.9 Å². The summed E-state index contributed by atoms with van der Waals surface area (Å²) in [5.41, 5.74) is 5.19. The van der Waals surface area contributed by atoms with Crippen molar-refractivity contribution >= 4 is 51.0 Å². The Morgan fingerprint density at radius 2 is 1.12 bits per heavy atom. The molecule has 0 aliphatic rings. The van der Waals surface area contributed by atoms with Gasteiger partial charge in [0.15, 0.2) is 5.78 Å². The molecule has 0 aliphatic heterocycles. The predicted octanol–water partition coefficient (Wildman–Crippen LogP) is 6.12. The van der Waals surface area contributed by atoms with E-state index in [2.05, 4.69) is 55.1 Å². The molecule has 2 N–H and O–H groups in total. The molecule has 4 rings (SSSR count). The molecule has 2 aromatic heterocycles. The maximum atomic E-state index is 13.5. The van der Waals surface area contributed by atoms with Gasteiger partial charge in [-0.15, -0.1) is 0 Å². The number of halogens is 2. The molecule has 2 aromatic carbocycles. The topological polar surface area (TPSA) is 48.6 Å². The highest BCUT2D eigenvalue weighted by Gasteiger charge is 2.22. The lowest BCUT2D eigenvalue weighted by Gasteiger charge is -2.13. The third kappa shape index (κ3) is 3.14. The first-order valence-corrected chi connectivity index (χ1v) is 10.2. The molecule has 26 heavy (non-hydrogen) atoms. The molecular formula is C21H14I2N2O. The van der Waals surface area contributed by atoms with E-state index in [0.717, 1.165) is 29.7 Å². The van der Waals surface area contributed by atoms with E-state index in [1.165, 1.54) is 0 Å². The molecule has 0 aliphatic carbocycles. The minimum Gasteiger partial charge on any atom is -0.361 e. The molecule has 2 heterocycles. The van der Waals surface area contributed by atoms with Crippen LogP contribution in [-0.4, -0.2) is 15.8 Å². The molecule has 0 saturated heterocycles. The normalized spacial score (nSPS) is 10.8. The van der Waals surface area contributed by atoms with Crippen LogP contribution in [0.5, 0.6) is 0 Å². The molecule has 0 spiro atoms. The molecule has 0 radical (unpaired) electrons. The van der Waals surface area contributed by atoms with Gasteiger partial charge < -0.3 is 9.97 Å². The van der Waals surface area contributed by atoms with Crippen molar-refractivity contribution in [3.63, 3.8) is 0 Å². The number of carbonyl (C=O) groups is 1. The molecule has 128 valence electrons. The summed E-state index contributed by atoms with van der Waals surface area (Å²) in [7, 11) is 0. The molecule has 0 saturated carbocycles. The predicted molar refractivity (Wildman–Crippen MR) is 121 cm³/mol. The second-order valence-corrected chi connectivity index (χ2v) is 8.15. The van der Waals surface area contributed by atoms with E-state index in [4.69, 9.17) is 0 Å². The molecule has 3 nitrogen and oxygen atoms in total. The van der Waals surface area contributed by atoms with E-state index in [-0.39, 0.29) is 5.78 Å². The van der Waals surface area contributed by atoms with Crippen LogP contribution in [-0.2, 0) is 0 Å². The van der Waals surface area contributed by atoms with Crippen molar-refractivity contribution in [3.05, 3.63) is 91.3 Å². The van der Waals surface area contributed by atoms with Crippen molar-refractivity contribution in [2.45, 2.75) is 0 Å². The first-order chi connectivity index (χ1) is 12.7. The van der Waals surface area contributed by atoms with E-state index < -0.39 is 0 Å². The zero-order valence-electron chi connectivity index (χ0n) is 13.6. The Hall–Kier alpha value is -1.87. The van der Waals surface area contributed by atoms with Gasteiger partial charge in [-0.3, -0.25) is 4.79 Å². The Balaban J connectivity index is 1.92. The number of ketones is 1. The zero-order chi connectivity index (χ0) is 18.1. The van der Waals surface area contributed by atoms with E-state index >= 15 is 0 Å². The van der Waals surface area contributed by atoms with Gasteiger partial charge in [-0.05, 0) is 81.6 Å². The Bertz CT molecular complexity index is 982. The number of nitrogens with one attached hydrogen (secondary N) is 2. The third-order valence-corrected chi connectivity index (χ3v) is 6.05. The number of aromatic nitrogens is 2.